The van der Waals surface area contributed by atoms with Crippen LogP contribution >= 0.6 is 0 Å². The van der Waals surface area contributed by atoms with E-state index in [0.29, 0.717) is 18.7 Å². The Balaban J connectivity index is 1.54. The number of carbonyl (C=O) groups is 1. The number of hydrogen-bond acceptors (Lipinski definition) is 6. The van der Waals surface area contributed by atoms with E-state index in [1.165, 1.54) is 11.6 Å². The van der Waals surface area contributed by atoms with Crippen LogP contribution in [-0.4, -0.2) is 44.8 Å². The van der Waals surface area contributed by atoms with E-state index in [-0.39, 0.29) is 35.4 Å². The molecule has 1 heterocycles. The maximum absolute atomic E-state index is 12.7. The number of benzene rings is 2. The third-order valence-corrected chi connectivity index (χ3v) is 6.28. The van der Waals surface area contributed by atoms with E-state index in [1.54, 1.807) is 6.07 Å². The molecule has 0 aliphatic carbocycles. The third-order valence-electron chi connectivity index (χ3n) is 6.28. The van der Waals surface area contributed by atoms with Crippen molar-refractivity contribution in [3.8, 4) is 5.75 Å². The molecule has 0 saturated carbocycles. The number of hydrogen-bond donors (Lipinski definition) is 5. The van der Waals surface area contributed by atoms with Crippen molar-refractivity contribution in [1.82, 2.24) is 15.6 Å². The van der Waals surface area contributed by atoms with E-state index < -0.39 is 12.7 Å². The van der Waals surface area contributed by atoms with Gasteiger partial charge >= 0.3 is 0 Å². The zero-order chi connectivity index (χ0) is 26.1. The van der Waals surface area contributed by atoms with Crippen LogP contribution in [0.25, 0.3) is 0 Å². The molecule has 192 valence electrons. The summed E-state index contributed by atoms with van der Waals surface area (Å²) in [4.78, 5) is 16.9. The van der Waals surface area contributed by atoms with Gasteiger partial charge < -0.3 is 26.0 Å². The summed E-state index contributed by atoms with van der Waals surface area (Å²) in [5.41, 5.74) is 3.44. The molecule has 0 bridgehead atoms. The summed E-state index contributed by atoms with van der Waals surface area (Å²) >= 11 is 0. The highest BCUT2D eigenvalue weighted by Gasteiger charge is 2.22. The largest absolute Gasteiger partial charge is 0.506 e. The number of aromatic hydroxyl groups is 1. The van der Waals surface area contributed by atoms with Crippen molar-refractivity contribution < 1.29 is 20.1 Å². The average Bonchev–Trinajstić information content (AvgIpc) is 2.87. The molecule has 7 nitrogen and oxygen atoms in total. The van der Waals surface area contributed by atoms with Crippen LogP contribution < -0.4 is 10.6 Å². The molecule has 1 amide bonds. The molecule has 36 heavy (non-hydrogen) atoms. The molecule has 0 fully saturated rings. The van der Waals surface area contributed by atoms with Crippen LogP contribution in [0.4, 0.5) is 0 Å². The zero-order valence-corrected chi connectivity index (χ0v) is 21.2. The number of carbonyl (C=O) groups excluding carboxylic acids is 1. The SMILES string of the molecule is CC(C(=O)NCCc1ccccc1)c1cccc(CC(C)(C)NCC(O)c2ccc(O)c(CO)n2)c1. The Kier molecular flexibility index (Phi) is 9.58. The highest BCUT2D eigenvalue weighted by atomic mass is 16.3. The van der Waals surface area contributed by atoms with Gasteiger partial charge in [0.1, 0.15) is 17.5 Å². The molecule has 0 radical (unpaired) electrons. The minimum Gasteiger partial charge on any atom is -0.506 e. The van der Waals surface area contributed by atoms with E-state index in [2.05, 4.69) is 47.7 Å². The van der Waals surface area contributed by atoms with Crippen LogP contribution in [0.3, 0.4) is 0 Å². The summed E-state index contributed by atoms with van der Waals surface area (Å²) in [5, 5.41) is 35.9. The molecule has 0 saturated heterocycles. The highest BCUT2D eigenvalue weighted by Crippen LogP contribution is 2.22. The Morgan fingerprint density at radius 1 is 1.03 bits per heavy atom. The predicted octanol–water partition coefficient (Wildman–Crippen LogP) is 3.39. The molecule has 2 unspecified atom stereocenters. The van der Waals surface area contributed by atoms with Gasteiger partial charge in [-0.05, 0) is 62.4 Å². The molecule has 2 atom stereocenters. The molecule has 0 aliphatic heterocycles. The summed E-state index contributed by atoms with van der Waals surface area (Å²) in [6.07, 6.45) is 0.605. The van der Waals surface area contributed by atoms with Crippen molar-refractivity contribution in [2.75, 3.05) is 13.1 Å². The standard InChI is InChI=1S/C29H37N3O4/c1-20(28(36)30-15-14-21-8-5-4-6-9-21)23-11-7-10-22(16-23)17-29(2,3)31-18-27(35)24-12-13-26(34)25(19-33)32-24/h4-13,16,20,27,31,33-35H,14-15,17-19H2,1-3H3,(H,30,36). The molecule has 7 heteroatoms. The van der Waals surface area contributed by atoms with Crippen molar-refractivity contribution in [2.24, 2.45) is 0 Å². The van der Waals surface area contributed by atoms with Crippen LogP contribution in [0.2, 0.25) is 0 Å². The summed E-state index contributed by atoms with van der Waals surface area (Å²) in [5.74, 6) is -0.354. The van der Waals surface area contributed by atoms with Crippen molar-refractivity contribution in [2.45, 2.75) is 57.8 Å². The molecule has 1 aromatic heterocycles. The van der Waals surface area contributed by atoms with Crippen LogP contribution in [0.15, 0.2) is 66.7 Å². The minimum absolute atomic E-state index is 0.00670. The fourth-order valence-corrected chi connectivity index (χ4v) is 4.11. The van der Waals surface area contributed by atoms with Crippen LogP contribution in [0.5, 0.6) is 5.75 Å². The minimum atomic E-state index is -0.888. The maximum Gasteiger partial charge on any atom is 0.227 e. The maximum atomic E-state index is 12.7. The Labute approximate surface area is 213 Å². The first-order valence-electron chi connectivity index (χ1n) is 12.3. The second-order valence-corrected chi connectivity index (χ2v) is 9.81. The van der Waals surface area contributed by atoms with Gasteiger partial charge in [0.2, 0.25) is 5.91 Å². The summed E-state index contributed by atoms with van der Waals surface area (Å²) in [6.45, 7) is 6.48. The molecule has 2 aromatic carbocycles. The van der Waals surface area contributed by atoms with Gasteiger partial charge in [-0.15, -0.1) is 0 Å². The predicted molar refractivity (Wildman–Crippen MR) is 141 cm³/mol. The number of aliphatic hydroxyl groups excluding tert-OH is 2. The van der Waals surface area contributed by atoms with Crippen LogP contribution in [-0.2, 0) is 24.2 Å². The first kappa shape index (κ1) is 27.3. The van der Waals surface area contributed by atoms with E-state index in [4.69, 9.17) is 0 Å². The molecule has 0 aliphatic rings. The molecule has 5 N–H and O–H groups in total. The smallest absolute Gasteiger partial charge is 0.227 e. The Bertz CT molecular complexity index is 1130. The molecule has 0 spiro atoms. The number of rotatable bonds is 12. The topological polar surface area (TPSA) is 115 Å². The number of amides is 1. The van der Waals surface area contributed by atoms with Gasteiger partial charge in [-0.25, -0.2) is 4.98 Å². The lowest BCUT2D eigenvalue weighted by Crippen LogP contribution is -2.43. The quantitative estimate of drug-likeness (QED) is 0.265. The number of pyridine rings is 1. The number of β-amino-alcohol motifs (C(OH)–C–C–N with tert-alkyl or cyclic N) is 1. The fourth-order valence-electron chi connectivity index (χ4n) is 4.11. The van der Waals surface area contributed by atoms with Gasteiger partial charge in [0.25, 0.3) is 0 Å². The first-order chi connectivity index (χ1) is 17.2. The van der Waals surface area contributed by atoms with E-state index in [9.17, 15) is 20.1 Å². The third kappa shape index (κ3) is 7.88. The summed E-state index contributed by atoms with van der Waals surface area (Å²) < 4.78 is 0. The Hall–Kier alpha value is -3.26. The normalized spacial score (nSPS) is 13.2. The second-order valence-electron chi connectivity index (χ2n) is 9.81. The fraction of sp³-hybridized carbons (Fsp3) is 0.379. The molecular weight excluding hydrogens is 454 g/mol. The number of nitrogens with one attached hydrogen (secondary N) is 2. The van der Waals surface area contributed by atoms with Gasteiger partial charge in [-0.2, -0.15) is 0 Å². The van der Waals surface area contributed by atoms with E-state index in [0.717, 1.165) is 17.5 Å². The number of aromatic nitrogens is 1. The lowest BCUT2D eigenvalue weighted by molar-refractivity contribution is -0.122. The number of aliphatic hydroxyl groups is 2. The van der Waals surface area contributed by atoms with Gasteiger partial charge in [0, 0.05) is 18.6 Å². The van der Waals surface area contributed by atoms with Gasteiger partial charge in [0.05, 0.1) is 18.2 Å². The highest BCUT2D eigenvalue weighted by molar-refractivity contribution is 5.83. The van der Waals surface area contributed by atoms with Gasteiger partial charge in [-0.1, -0.05) is 54.6 Å². The zero-order valence-electron chi connectivity index (χ0n) is 21.2. The average molecular weight is 492 g/mol. The summed E-state index contributed by atoms with van der Waals surface area (Å²) in [6, 6.07) is 21.1. The van der Waals surface area contributed by atoms with Crippen molar-refractivity contribution >= 4 is 5.91 Å². The van der Waals surface area contributed by atoms with Crippen LogP contribution in [0, 0.1) is 0 Å². The van der Waals surface area contributed by atoms with Crippen LogP contribution in [0.1, 0.15) is 60.9 Å². The van der Waals surface area contributed by atoms with E-state index in [1.807, 2.05) is 43.3 Å². The summed E-state index contributed by atoms with van der Waals surface area (Å²) in [7, 11) is 0. The Morgan fingerprint density at radius 2 is 1.75 bits per heavy atom. The molecule has 3 aromatic rings. The first-order valence-corrected chi connectivity index (χ1v) is 12.3. The monoisotopic (exact) mass is 491 g/mol. The van der Waals surface area contributed by atoms with Crippen molar-refractivity contribution in [3.63, 3.8) is 0 Å². The lowest BCUT2D eigenvalue weighted by atomic mass is 9.91. The number of nitrogens with zero attached hydrogens (tertiary/aromatic N) is 1. The molecular formula is C29H37N3O4. The Morgan fingerprint density at radius 3 is 2.47 bits per heavy atom. The van der Waals surface area contributed by atoms with Gasteiger partial charge in [0.15, 0.2) is 0 Å². The van der Waals surface area contributed by atoms with Crippen molar-refractivity contribution in [1.29, 1.82) is 0 Å². The lowest BCUT2D eigenvalue weighted by Gasteiger charge is -2.28. The van der Waals surface area contributed by atoms with Gasteiger partial charge in [-0.3, -0.25) is 4.79 Å². The van der Waals surface area contributed by atoms with E-state index >= 15 is 0 Å². The molecule has 3 rings (SSSR count). The van der Waals surface area contributed by atoms with Crippen molar-refractivity contribution in [3.05, 3.63) is 94.8 Å². The second kappa shape index (κ2) is 12.6.